The Morgan fingerprint density at radius 3 is 3.10 bits per heavy atom. The third-order valence-corrected chi connectivity index (χ3v) is 1.16. The van der Waals surface area contributed by atoms with Crippen molar-refractivity contribution in [3.63, 3.8) is 0 Å². The van der Waals surface area contributed by atoms with Crippen molar-refractivity contribution >= 4 is 0 Å². The molecule has 1 aromatic carbocycles. The van der Waals surface area contributed by atoms with E-state index in [9.17, 15) is 0 Å². The molecule has 0 spiro atoms. The molecule has 0 N–H and O–H groups in total. The van der Waals surface area contributed by atoms with Gasteiger partial charge >= 0.3 is 0 Å². The van der Waals surface area contributed by atoms with Crippen LogP contribution in [0.3, 0.4) is 0 Å². The molecule has 1 radical (unpaired) electrons. The minimum atomic E-state index is 0.676. The van der Waals surface area contributed by atoms with Gasteiger partial charge in [0.2, 0.25) is 0 Å². The summed E-state index contributed by atoms with van der Waals surface area (Å²) in [6.07, 6.45) is 5.15. The minimum absolute atomic E-state index is 0.676. The van der Waals surface area contributed by atoms with E-state index in [1.165, 1.54) is 0 Å². The van der Waals surface area contributed by atoms with Gasteiger partial charge in [0.1, 0.15) is 5.75 Å². The molecular formula is C9H7O. The molecule has 0 aliphatic rings. The maximum absolute atomic E-state index is 5.15. The summed E-state index contributed by atoms with van der Waals surface area (Å²) in [5.41, 5.74) is 0.815. The van der Waals surface area contributed by atoms with Gasteiger partial charge in [-0.15, -0.1) is 6.42 Å². The maximum atomic E-state index is 5.15. The van der Waals surface area contributed by atoms with Gasteiger partial charge in [-0.25, -0.2) is 0 Å². The topological polar surface area (TPSA) is 9.23 Å². The molecule has 0 bridgehead atoms. The molecule has 1 rings (SSSR count). The van der Waals surface area contributed by atoms with Crippen molar-refractivity contribution in [3.05, 3.63) is 29.8 Å². The van der Waals surface area contributed by atoms with Crippen LogP contribution in [0.4, 0.5) is 0 Å². The second-order valence-corrected chi connectivity index (χ2v) is 1.79. The van der Waals surface area contributed by atoms with Crippen LogP contribution in [0.2, 0.25) is 0 Å². The number of ether oxygens (including phenoxy) is 1. The molecule has 0 fully saturated rings. The van der Waals surface area contributed by atoms with E-state index in [1.54, 1.807) is 19.2 Å². The fraction of sp³-hybridized carbons (Fsp3) is 0.111. The Labute approximate surface area is 60.6 Å². The van der Waals surface area contributed by atoms with E-state index in [-0.39, 0.29) is 0 Å². The van der Waals surface area contributed by atoms with Crippen LogP contribution in [-0.4, -0.2) is 7.11 Å². The van der Waals surface area contributed by atoms with Crippen molar-refractivity contribution in [2.75, 3.05) is 7.11 Å². The van der Waals surface area contributed by atoms with E-state index in [1.807, 2.05) is 6.07 Å². The van der Waals surface area contributed by atoms with Gasteiger partial charge in [0, 0.05) is 11.6 Å². The molecule has 0 aliphatic heterocycles. The lowest BCUT2D eigenvalue weighted by Gasteiger charge is -1.96. The molecule has 0 aliphatic carbocycles. The lowest BCUT2D eigenvalue weighted by Crippen LogP contribution is -1.82. The lowest BCUT2D eigenvalue weighted by molar-refractivity contribution is 0.414. The van der Waals surface area contributed by atoms with Crippen molar-refractivity contribution in [1.82, 2.24) is 0 Å². The Morgan fingerprint density at radius 1 is 1.70 bits per heavy atom. The molecule has 0 atom stereocenters. The summed E-state index contributed by atoms with van der Waals surface area (Å²) in [6.45, 7) is 0. The number of terminal acetylenes is 1. The highest BCUT2D eigenvalue weighted by Crippen LogP contribution is 2.09. The van der Waals surface area contributed by atoms with Crippen molar-refractivity contribution in [1.29, 1.82) is 0 Å². The molecule has 0 heterocycles. The predicted molar refractivity (Wildman–Crippen MR) is 39.8 cm³/mol. The highest BCUT2D eigenvalue weighted by atomic mass is 16.5. The largest absolute Gasteiger partial charge is 0.496 e. The van der Waals surface area contributed by atoms with E-state index in [0.717, 1.165) is 5.56 Å². The van der Waals surface area contributed by atoms with E-state index in [0.29, 0.717) is 5.75 Å². The average Bonchev–Trinajstić information content (AvgIpc) is 2.05. The first kappa shape index (κ1) is 6.70. The molecule has 0 unspecified atom stereocenters. The third-order valence-electron chi connectivity index (χ3n) is 1.16. The zero-order valence-corrected chi connectivity index (χ0v) is 5.72. The van der Waals surface area contributed by atoms with Crippen molar-refractivity contribution in [3.8, 4) is 18.1 Å². The standard InChI is InChI=1S/C9H7O/c1-3-8-5-4-6-9(7-8)10-2/h1,4-5,7H,2H3. The molecule has 0 saturated carbocycles. The van der Waals surface area contributed by atoms with E-state index in [2.05, 4.69) is 12.0 Å². The molecule has 1 nitrogen and oxygen atoms in total. The van der Waals surface area contributed by atoms with Crippen LogP contribution in [0.15, 0.2) is 18.2 Å². The quantitative estimate of drug-likeness (QED) is 0.524. The molecule has 0 amide bonds. The zero-order chi connectivity index (χ0) is 7.40. The lowest BCUT2D eigenvalue weighted by atomic mass is 10.2. The fourth-order valence-corrected chi connectivity index (χ4v) is 0.652. The summed E-state index contributed by atoms with van der Waals surface area (Å²) in [4.78, 5) is 0. The van der Waals surface area contributed by atoms with E-state index in [4.69, 9.17) is 11.2 Å². The van der Waals surface area contributed by atoms with Crippen LogP contribution in [0.1, 0.15) is 5.56 Å². The summed E-state index contributed by atoms with van der Waals surface area (Å²) in [5, 5.41) is 0. The highest BCUT2D eigenvalue weighted by molar-refractivity contribution is 5.37. The Morgan fingerprint density at radius 2 is 2.50 bits per heavy atom. The summed E-state index contributed by atoms with van der Waals surface area (Å²) in [7, 11) is 1.59. The number of hydrogen-bond acceptors (Lipinski definition) is 1. The van der Waals surface area contributed by atoms with Gasteiger partial charge in [0.05, 0.1) is 7.11 Å². The van der Waals surface area contributed by atoms with Gasteiger partial charge in [-0.1, -0.05) is 5.92 Å². The van der Waals surface area contributed by atoms with Crippen LogP contribution in [-0.2, 0) is 0 Å². The molecular weight excluding hydrogens is 124 g/mol. The Balaban J connectivity index is 3.01. The molecule has 49 valence electrons. The van der Waals surface area contributed by atoms with Crippen LogP contribution in [0, 0.1) is 18.4 Å². The van der Waals surface area contributed by atoms with Gasteiger partial charge in [-0.3, -0.25) is 0 Å². The van der Waals surface area contributed by atoms with Gasteiger partial charge in [-0.2, -0.15) is 0 Å². The number of methoxy groups -OCH3 is 1. The Bertz CT molecular complexity index is 258. The first-order chi connectivity index (χ1) is 4.86. The van der Waals surface area contributed by atoms with Crippen molar-refractivity contribution in [2.45, 2.75) is 0 Å². The predicted octanol–water partition coefficient (Wildman–Crippen LogP) is 1.48. The summed E-state index contributed by atoms with van der Waals surface area (Å²) < 4.78 is 4.91. The third kappa shape index (κ3) is 1.29. The number of benzene rings is 1. The van der Waals surface area contributed by atoms with Gasteiger partial charge in [0.25, 0.3) is 0 Å². The molecule has 1 aromatic rings. The smallest absolute Gasteiger partial charge is 0.128 e. The van der Waals surface area contributed by atoms with Crippen LogP contribution < -0.4 is 4.74 Å². The molecule has 0 aromatic heterocycles. The fourth-order valence-electron chi connectivity index (χ4n) is 0.652. The van der Waals surface area contributed by atoms with Crippen molar-refractivity contribution in [2.24, 2.45) is 0 Å². The minimum Gasteiger partial charge on any atom is -0.496 e. The van der Waals surface area contributed by atoms with E-state index >= 15 is 0 Å². The Kier molecular flexibility index (Phi) is 1.96. The molecule has 0 saturated heterocycles. The van der Waals surface area contributed by atoms with Gasteiger partial charge in [-0.05, 0) is 18.2 Å². The number of hydrogen-bond donors (Lipinski definition) is 0. The SMILES string of the molecule is C#Cc1cc[c]c(OC)c1. The Hall–Kier alpha value is -1.42. The maximum Gasteiger partial charge on any atom is 0.128 e. The van der Waals surface area contributed by atoms with Gasteiger partial charge < -0.3 is 4.74 Å². The summed E-state index contributed by atoms with van der Waals surface area (Å²) in [6, 6.07) is 8.19. The molecule has 10 heavy (non-hydrogen) atoms. The zero-order valence-electron chi connectivity index (χ0n) is 5.72. The second-order valence-electron chi connectivity index (χ2n) is 1.79. The molecule has 1 heteroatoms. The van der Waals surface area contributed by atoms with Crippen molar-refractivity contribution < 1.29 is 4.74 Å². The monoisotopic (exact) mass is 131 g/mol. The number of rotatable bonds is 1. The van der Waals surface area contributed by atoms with Crippen LogP contribution in [0.5, 0.6) is 5.75 Å². The van der Waals surface area contributed by atoms with Gasteiger partial charge in [0.15, 0.2) is 0 Å². The van der Waals surface area contributed by atoms with Crippen LogP contribution >= 0.6 is 0 Å². The highest BCUT2D eigenvalue weighted by Gasteiger charge is 1.89. The first-order valence-electron chi connectivity index (χ1n) is 2.89. The average molecular weight is 131 g/mol. The van der Waals surface area contributed by atoms with Crippen LogP contribution in [0.25, 0.3) is 0 Å². The summed E-state index contributed by atoms with van der Waals surface area (Å²) in [5.74, 6) is 3.18. The first-order valence-corrected chi connectivity index (χ1v) is 2.89. The second kappa shape index (κ2) is 2.93. The summed E-state index contributed by atoms with van der Waals surface area (Å²) >= 11 is 0. The van der Waals surface area contributed by atoms with E-state index < -0.39 is 0 Å². The normalized spacial score (nSPS) is 8.40.